The zero-order valence-corrected chi connectivity index (χ0v) is 17.6. The minimum atomic E-state index is -0.333. The normalized spacial score (nSPS) is 18.4. The summed E-state index contributed by atoms with van der Waals surface area (Å²) in [5.41, 5.74) is 15.5. The van der Waals surface area contributed by atoms with Crippen molar-refractivity contribution in [2.45, 2.75) is 25.6 Å². The van der Waals surface area contributed by atoms with Gasteiger partial charge in [-0.3, -0.25) is 0 Å². The molecule has 0 aliphatic carbocycles. The maximum atomic E-state index is 9.14. The van der Waals surface area contributed by atoms with Gasteiger partial charge in [0.1, 0.15) is 5.01 Å². The van der Waals surface area contributed by atoms with Crippen LogP contribution in [0.25, 0.3) is 11.3 Å². The van der Waals surface area contributed by atoms with E-state index in [-0.39, 0.29) is 12.2 Å². The molecule has 6 N–H and O–H groups in total. The number of nitriles is 1. The average molecular weight is 432 g/mol. The van der Waals surface area contributed by atoms with Crippen LogP contribution in [0.2, 0.25) is 0 Å². The summed E-state index contributed by atoms with van der Waals surface area (Å²) in [5.74, 6) is 0.960. The second-order valence-electron chi connectivity index (χ2n) is 6.91. The molecule has 4 rings (SSSR count). The van der Waals surface area contributed by atoms with Crippen molar-refractivity contribution >= 4 is 46.0 Å². The van der Waals surface area contributed by atoms with Gasteiger partial charge in [-0.2, -0.15) is 5.26 Å². The molecule has 0 radical (unpaired) electrons. The van der Waals surface area contributed by atoms with Gasteiger partial charge in [0.15, 0.2) is 11.6 Å². The molecular weight excluding hydrogens is 410 g/mol. The highest BCUT2D eigenvalue weighted by Crippen LogP contribution is 2.38. The fraction of sp³-hybridized carbons (Fsp3) is 0.190. The van der Waals surface area contributed by atoms with Gasteiger partial charge in [-0.25, -0.2) is 15.0 Å². The van der Waals surface area contributed by atoms with Crippen LogP contribution in [-0.4, -0.2) is 33.4 Å². The Bertz CT molecular complexity index is 1160. The lowest BCUT2D eigenvalue weighted by Gasteiger charge is -2.41. The van der Waals surface area contributed by atoms with Gasteiger partial charge >= 0.3 is 0 Å². The molecule has 1 aromatic carbocycles. The van der Waals surface area contributed by atoms with E-state index in [1.807, 2.05) is 22.4 Å². The molecule has 0 saturated carbocycles. The van der Waals surface area contributed by atoms with Gasteiger partial charge in [-0.05, 0) is 30.7 Å². The Balaban J connectivity index is 1.86. The van der Waals surface area contributed by atoms with Crippen molar-refractivity contribution in [3.8, 4) is 6.07 Å². The lowest BCUT2D eigenvalue weighted by molar-refractivity contribution is 0.526. The number of aromatic nitrogens is 3. The number of allylic oxidation sites excluding steroid dienone is 1. The van der Waals surface area contributed by atoms with Crippen LogP contribution in [-0.2, 0) is 0 Å². The summed E-state index contributed by atoms with van der Waals surface area (Å²) in [5, 5.41) is 22.7. The molecule has 2 atom stereocenters. The summed E-state index contributed by atoms with van der Waals surface area (Å²) in [6.07, 6.45) is 4.89. The molecule has 0 bridgehead atoms. The van der Waals surface area contributed by atoms with E-state index in [4.69, 9.17) is 27.1 Å². The van der Waals surface area contributed by atoms with E-state index in [1.54, 1.807) is 24.5 Å². The van der Waals surface area contributed by atoms with Crippen molar-refractivity contribution in [1.29, 1.82) is 10.7 Å². The van der Waals surface area contributed by atoms with Crippen LogP contribution in [0, 0.1) is 16.7 Å². The predicted molar refractivity (Wildman–Crippen MR) is 123 cm³/mol. The highest BCUT2D eigenvalue weighted by Gasteiger charge is 2.34. The quantitative estimate of drug-likeness (QED) is 0.450. The maximum Gasteiger partial charge on any atom is 0.165 e. The second kappa shape index (κ2) is 8.51. The Hall–Kier alpha value is -3.81. The number of nitrogens with zero attached hydrogens (tertiary/aromatic N) is 5. The molecule has 0 spiro atoms. The first-order valence-electron chi connectivity index (χ1n) is 9.66. The number of benzene rings is 1. The molecule has 1 aliphatic rings. The van der Waals surface area contributed by atoms with Crippen molar-refractivity contribution in [2.75, 3.05) is 10.2 Å². The Kier molecular flexibility index (Phi) is 5.62. The van der Waals surface area contributed by atoms with Gasteiger partial charge in [0.2, 0.25) is 0 Å². The molecule has 0 saturated heterocycles. The van der Waals surface area contributed by atoms with Crippen LogP contribution in [0.5, 0.6) is 0 Å². The van der Waals surface area contributed by atoms with Gasteiger partial charge in [0.25, 0.3) is 0 Å². The van der Waals surface area contributed by atoms with Crippen molar-refractivity contribution in [3.63, 3.8) is 0 Å². The predicted octanol–water partition coefficient (Wildman–Crippen LogP) is 2.91. The van der Waals surface area contributed by atoms with Gasteiger partial charge in [-0.1, -0.05) is 6.92 Å². The number of fused-ring (bicyclic) bond motifs is 1. The van der Waals surface area contributed by atoms with Gasteiger partial charge in [0.05, 0.1) is 47.0 Å². The van der Waals surface area contributed by atoms with E-state index < -0.39 is 0 Å². The van der Waals surface area contributed by atoms with Crippen molar-refractivity contribution < 1.29 is 0 Å². The average Bonchev–Trinajstić information content (AvgIpc) is 3.34. The summed E-state index contributed by atoms with van der Waals surface area (Å²) in [6, 6.07) is 9.34. The highest BCUT2D eigenvalue weighted by molar-refractivity contribution is 7.10. The van der Waals surface area contributed by atoms with Crippen LogP contribution in [0.1, 0.15) is 29.7 Å². The molecule has 10 heteroatoms. The molecular formula is C21H21N9S. The molecule has 9 nitrogen and oxygen atoms in total. The Labute approximate surface area is 183 Å². The Morgan fingerprint density at radius 1 is 1.35 bits per heavy atom. The Morgan fingerprint density at radius 2 is 2.13 bits per heavy atom. The number of nitrogens with one attached hydrogen (secondary N) is 2. The van der Waals surface area contributed by atoms with E-state index in [1.165, 1.54) is 11.3 Å². The highest BCUT2D eigenvalue weighted by atomic mass is 32.1. The summed E-state index contributed by atoms with van der Waals surface area (Å²) < 4.78 is 0. The van der Waals surface area contributed by atoms with Crippen LogP contribution < -0.4 is 21.7 Å². The largest absolute Gasteiger partial charge is 0.396 e. The van der Waals surface area contributed by atoms with Crippen molar-refractivity contribution in [1.82, 2.24) is 15.0 Å². The lowest BCUT2D eigenvalue weighted by Crippen LogP contribution is -2.53. The summed E-state index contributed by atoms with van der Waals surface area (Å²) >= 11 is 1.38. The zero-order chi connectivity index (χ0) is 22.0. The monoisotopic (exact) mass is 431 g/mol. The molecule has 3 aromatic rings. The minimum absolute atomic E-state index is 0.0769. The third-order valence-corrected chi connectivity index (χ3v) is 5.90. The molecule has 31 heavy (non-hydrogen) atoms. The molecule has 2 unspecified atom stereocenters. The van der Waals surface area contributed by atoms with E-state index >= 15 is 0 Å². The fourth-order valence-corrected chi connectivity index (χ4v) is 4.17. The molecule has 0 fully saturated rings. The first-order valence-corrected chi connectivity index (χ1v) is 10.5. The summed E-state index contributed by atoms with van der Waals surface area (Å²) in [4.78, 5) is 15.5. The van der Waals surface area contributed by atoms with Crippen LogP contribution >= 0.6 is 11.3 Å². The van der Waals surface area contributed by atoms with Crippen LogP contribution in [0.4, 0.5) is 17.2 Å². The summed E-state index contributed by atoms with van der Waals surface area (Å²) in [6.45, 7) is 2.05. The topological polar surface area (TPSA) is 154 Å². The van der Waals surface area contributed by atoms with Crippen molar-refractivity contribution in [2.24, 2.45) is 11.5 Å². The number of thiazole rings is 1. The molecule has 156 valence electrons. The van der Waals surface area contributed by atoms with Crippen LogP contribution in [0.15, 0.2) is 42.0 Å². The SMILES string of the molecule is CCC1C(N)Nc2cnc(/C(C=N)=C(/N)c3nccs3)nc2N1c1ccc(C#N)cc1. The maximum absolute atomic E-state index is 9.14. The molecule has 1 aliphatic heterocycles. The number of hydrogen-bond donors (Lipinski definition) is 4. The van der Waals surface area contributed by atoms with Gasteiger partial charge in [0, 0.05) is 23.5 Å². The smallest absolute Gasteiger partial charge is 0.165 e. The fourth-order valence-electron chi connectivity index (χ4n) is 3.56. The second-order valence-corrected chi connectivity index (χ2v) is 7.81. The number of rotatable bonds is 5. The first-order chi connectivity index (χ1) is 15.1. The number of hydrogen-bond acceptors (Lipinski definition) is 10. The Morgan fingerprint density at radius 3 is 2.74 bits per heavy atom. The first kappa shape index (κ1) is 20.5. The van der Waals surface area contributed by atoms with E-state index in [9.17, 15) is 0 Å². The van der Waals surface area contributed by atoms with E-state index in [0.717, 1.165) is 18.3 Å². The lowest BCUT2D eigenvalue weighted by atomic mass is 10.0. The van der Waals surface area contributed by atoms with E-state index in [2.05, 4.69) is 28.3 Å². The molecule has 3 heterocycles. The van der Waals surface area contributed by atoms with Gasteiger partial charge < -0.3 is 27.1 Å². The standard InChI is InChI=1S/C21H21N9S/c1-2-16-18(25)28-15-11-27-19(14(10-23)17(24)21-26-7-8-31-21)29-20(15)30(16)13-5-3-12(9-22)4-6-13/h3-8,10-11,16,18,23,28H,2,24-25H2,1H3/b17-14+,23-10?. The number of anilines is 3. The van der Waals surface area contributed by atoms with Crippen LogP contribution in [0.3, 0.4) is 0 Å². The third kappa shape index (κ3) is 3.72. The summed E-state index contributed by atoms with van der Waals surface area (Å²) in [7, 11) is 0. The number of nitrogens with two attached hydrogens (primary N) is 2. The molecule has 0 amide bonds. The van der Waals surface area contributed by atoms with E-state index in [0.29, 0.717) is 39.2 Å². The third-order valence-electron chi connectivity index (χ3n) is 5.10. The minimum Gasteiger partial charge on any atom is -0.396 e. The van der Waals surface area contributed by atoms with Gasteiger partial charge in [-0.15, -0.1) is 11.3 Å². The molecule has 2 aromatic heterocycles. The zero-order valence-electron chi connectivity index (χ0n) is 16.8. The van der Waals surface area contributed by atoms with Crippen molar-refractivity contribution in [3.05, 3.63) is 58.4 Å².